The fourth-order valence-electron chi connectivity index (χ4n) is 2.18. The monoisotopic (exact) mass is 226 g/mol. The molecule has 0 saturated heterocycles. The van der Waals surface area contributed by atoms with Crippen molar-refractivity contribution in [3.63, 3.8) is 0 Å². The van der Waals surface area contributed by atoms with Gasteiger partial charge in [0.15, 0.2) is 0 Å². The smallest absolute Gasteiger partial charge is 0.0630 e. The van der Waals surface area contributed by atoms with Crippen LogP contribution < -0.4 is 5.32 Å². The number of ether oxygens (including phenoxy) is 1. The van der Waals surface area contributed by atoms with Crippen molar-refractivity contribution in [2.45, 2.75) is 32.7 Å². The van der Waals surface area contributed by atoms with Gasteiger partial charge in [0.25, 0.3) is 0 Å². The zero-order valence-electron chi connectivity index (χ0n) is 11.0. The Kier molecular flexibility index (Phi) is 6.69. The highest BCUT2D eigenvalue weighted by Crippen LogP contribution is 2.12. The summed E-state index contributed by atoms with van der Waals surface area (Å²) >= 11 is 0. The van der Waals surface area contributed by atoms with Gasteiger partial charge in [-0.1, -0.05) is 18.6 Å². The Bertz CT molecular complexity index is 216. The summed E-state index contributed by atoms with van der Waals surface area (Å²) in [6.45, 7) is 9.64. The Labute approximate surface area is 99.8 Å². The van der Waals surface area contributed by atoms with Crippen LogP contribution in [0, 0.1) is 0 Å². The van der Waals surface area contributed by atoms with E-state index >= 15 is 0 Å². The number of nitrogens with zero attached hydrogens (tertiary/aromatic N) is 1. The quantitative estimate of drug-likeness (QED) is 0.528. The first-order chi connectivity index (χ1) is 7.77. The molecule has 1 unspecified atom stereocenters. The van der Waals surface area contributed by atoms with E-state index in [0.29, 0.717) is 6.04 Å². The van der Waals surface area contributed by atoms with E-state index in [0.717, 1.165) is 26.2 Å². The maximum Gasteiger partial charge on any atom is 0.0630 e. The summed E-state index contributed by atoms with van der Waals surface area (Å²) in [5.41, 5.74) is 1.49. The number of rotatable bonds is 7. The predicted octanol–water partition coefficient (Wildman–Crippen LogP) is 1.65. The van der Waals surface area contributed by atoms with E-state index in [4.69, 9.17) is 4.74 Å². The van der Waals surface area contributed by atoms with E-state index in [9.17, 15) is 0 Å². The highest BCUT2D eigenvalue weighted by atomic mass is 16.5. The Balaban J connectivity index is 2.39. The Morgan fingerprint density at radius 1 is 1.56 bits per heavy atom. The fraction of sp³-hybridized carbons (Fsp3) is 0.846. The van der Waals surface area contributed by atoms with Crippen molar-refractivity contribution < 1.29 is 4.74 Å². The number of hydrogen-bond donors (Lipinski definition) is 1. The molecule has 94 valence electrons. The van der Waals surface area contributed by atoms with Crippen molar-refractivity contribution in [1.82, 2.24) is 10.2 Å². The van der Waals surface area contributed by atoms with Crippen LogP contribution in [0.25, 0.3) is 0 Å². The summed E-state index contributed by atoms with van der Waals surface area (Å²) in [5.74, 6) is 0. The first kappa shape index (κ1) is 13.7. The van der Waals surface area contributed by atoms with E-state index in [1.165, 1.54) is 25.0 Å². The van der Waals surface area contributed by atoms with Gasteiger partial charge in [0, 0.05) is 32.8 Å². The summed E-state index contributed by atoms with van der Waals surface area (Å²) in [7, 11) is 1.79. The van der Waals surface area contributed by atoms with Gasteiger partial charge in [0.2, 0.25) is 0 Å². The zero-order chi connectivity index (χ0) is 11.8. The Morgan fingerprint density at radius 2 is 2.38 bits per heavy atom. The average Bonchev–Trinajstić information content (AvgIpc) is 2.28. The molecule has 0 aromatic carbocycles. The SMILES string of the molecule is CCCNCC(COC)N1CCC=C(C)C1. The molecule has 0 aromatic rings. The van der Waals surface area contributed by atoms with Gasteiger partial charge >= 0.3 is 0 Å². The van der Waals surface area contributed by atoms with Gasteiger partial charge in [-0.05, 0) is 26.3 Å². The molecule has 1 rings (SSSR count). The predicted molar refractivity (Wildman–Crippen MR) is 68.8 cm³/mol. The first-order valence-corrected chi connectivity index (χ1v) is 6.37. The molecule has 1 aliphatic rings. The lowest BCUT2D eigenvalue weighted by Gasteiger charge is -2.34. The molecule has 1 atom stereocenters. The van der Waals surface area contributed by atoms with E-state index in [1.807, 2.05) is 0 Å². The molecule has 0 amide bonds. The Morgan fingerprint density at radius 3 is 3.00 bits per heavy atom. The van der Waals surface area contributed by atoms with Gasteiger partial charge in [-0.25, -0.2) is 0 Å². The molecular formula is C13H26N2O. The molecule has 0 spiro atoms. The molecule has 16 heavy (non-hydrogen) atoms. The van der Waals surface area contributed by atoms with Crippen LogP contribution in [-0.4, -0.2) is 50.8 Å². The maximum absolute atomic E-state index is 5.32. The van der Waals surface area contributed by atoms with Gasteiger partial charge in [-0.15, -0.1) is 0 Å². The van der Waals surface area contributed by atoms with Crippen molar-refractivity contribution in [1.29, 1.82) is 0 Å². The van der Waals surface area contributed by atoms with Crippen molar-refractivity contribution in [2.75, 3.05) is 39.9 Å². The lowest BCUT2D eigenvalue weighted by Crippen LogP contribution is -2.47. The molecule has 0 aliphatic carbocycles. The van der Waals surface area contributed by atoms with E-state index < -0.39 is 0 Å². The summed E-state index contributed by atoms with van der Waals surface area (Å²) in [5, 5.41) is 3.49. The third kappa shape index (κ3) is 4.64. The van der Waals surface area contributed by atoms with Gasteiger partial charge in [-0.3, -0.25) is 4.90 Å². The topological polar surface area (TPSA) is 24.5 Å². The van der Waals surface area contributed by atoms with Gasteiger partial charge in [-0.2, -0.15) is 0 Å². The van der Waals surface area contributed by atoms with Crippen LogP contribution in [0.15, 0.2) is 11.6 Å². The summed E-state index contributed by atoms with van der Waals surface area (Å²) in [6, 6.07) is 0.514. The molecule has 3 nitrogen and oxygen atoms in total. The molecule has 1 heterocycles. The number of methoxy groups -OCH3 is 1. The summed E-state index contributed by atoms with van der Waals surface area (Å²) in [6.07, 6.45) is 4.72. The molecule has 1 N–H and O–H groups in total. The van der Waals surface area contributed by atoms with E-state index in [-0.39, 0.29) is 0 Å². The Hall–Kier alpha value is -0.380. The molecule has 3 heteroatoms. The second kappa shape index (κ2) is 7.82. The van der Waals surface area contributed by atoms with Crippen LogP contribution in [0.3, 0.4) is 0 Å². The average molecular weight is 226 g/mol. The van der Waals surface area contributed by atoms with Gasteiger partial charge in [0.05, 0.1) is 6.61 Å². The summed E-state index contributed by atoms with van der Waals surface area (Å²) in [4.78, 5) is 2.53. The van der Waals surface area contributed by atoms with Crippen LogP contribution in [0.1, 0.15) is 26.7 Å². The maximum atomic E-state index is 5.32. The molecule has 0 saturated carbocycles. The van der Waals surface area contributed by atoms with E-state index in [1.54, 1.807) is 7.11 Å². The van der Waals surface area contributed by atoms with Crippen LogP contribution in [0.4, 0.5) is 0 Å². The van der Waals surface area contributed by atoms with Crippen LogP contribution >= 0.6 is 0 Å². The lowest BCUT2D eigenvalue weighted by molar-refractivity contribution is 0.0932. The van der Waals surface area contributed by atoms with Gasteiger partial charge < -0.3 is 10.1 Å². The highest BCUT2D eigenvalue weighted by molar-refractivity contribution is 5.05. The minimum Gasteiger partial charge on any atom is -0.383 e. The second-order valence-electron chi connectivity index (χ2n) is 4.62. The highest BCUT2D eigenvalue weighted by Gasteiger charge is 2.19. The molecule has 0 aromatic heterocycles. The van der Waals surface area contributed by atoms with Gasteiger partial charge in [0.1, 0.15) is 0 Å². The van der Waals surface area contributed by atoms with Crippen molar-refractivity contribution in [2.24, 2.45) is 0 Å². The van der Waals surface area contributed by atoms with Crippen LogP contribution in [-0.2, 0) is 4.74 Å². The third-order valence-electron chi connectivity index (χ3n) is 3.04. The largest absolute Gasteiger partial charge is 0.383 e. The van der Waals surface area contributed by atoms with Crippen LogP contribution in [0.5, 0.6) is 0 Å². The van der Waals surface area contributed by atoms with Crippen LogP contribution in [0.2, 0.25) is 0 Å². The zero-order valence-corrected chi connectivity index (χ0v) is 11.0. The van der Waals surface area contributed by atoms with Crippen molar-refractivity contribution in [3.05, 3.63) is 11.6 Å². The first-order valence-electron chi connectivity index (χ1n) is 6.37. The molecule has 1 aliphatic heterocycles. The minimum atomic E-state index is 0.514. The van der Waals surface area contributed by atoms with Crippen molar-refractivity contribution >= 4 is 0 Å². The minimum absolute atomic E-state index is 0.514. The van der Waals surface area contributed by atoms with E-state index in [2.05, 4.69) is 30.1 Å². The summed E-state index contributed by atoms with van der Waals surface area (Å²) < 4.78 is 5.32. The molecular weight excluding hydrogens is 200 g/mol. The fourth-order valence-corrected chi connectivity index (χ4v) is 2.18. The number of hydrogen-bond acceptors (Lipinski definition) is 3. The standard InChI is InChI=1S/C13H26N2O/c1-4-7-14-9-13(11-16-3)15-8-5-6-12(2)10-15/h6,13-14H,4-5,7-11H2,1-3H3. The lowest BCUT2D eigenvalue weighted by atomic mass is 10.1. The number of nitrogens with one attached hydrogen (secondary N) is 1. The van der Waals surface area contributed by atoms with Crippen molar-refractivity contribution in [3.8, 4) is 0 Å². The molecule has 0 fully saturated rings. The normalized spacial score (nSPS) is 19.6. The molecule has 0 bridgehead atoms. The molecule has 0 radical (unpaired) electrons. The third-order valence-corrected chi connectivity index (χ3v) is 3.04. The second-order valence-corrected chi connectivity index (χ2v) is 4.62.